The van der Waals surface area contributed by atoms with Gasteiger partial charge < -0.3 is 19.3 Å². The van der Waals surface area contributed by atoms with Crippen LogP contribution in [-0.4, -0.2) is 62.3 Å². The second-order valence-electron chi connectivity index (χ2n) is 9.45. The van der Waals surface area contributed by atoms with Crippen LogP contribution in [0.25, 0.3) is 21.5 Å². The van der Waals surface area contributed by atoms with Crippen LogP contribution in [-0.2, 0) is 6.42 Å². The van der Waals surface area contributed by atoms with Gasteiger partial charge in [0.1, 0.15) is 24.7 Å². The summed E-state index contributed by atoms with van der Waals surface area (Å²) in [6.07, 6.45) is 0.754. The van der Waals surface area contributed by atoms with Crippen molar-refractivity contribution in [3.05, 3.63) is 83.9 Å². The lowest BCUT2D eigenvalue weighted by Gasteiger charge is -2.21. The van der Waals surface area contributed by atoms with Gasteiger partial charge in [0.25, 0.3) is 0 Å². The molecule has 4 nitrogen and oxygen atoms in total. The Morgan fingerprint density at radius 3 is 1.32 bits per heavy atom. The molecule has 0 radical (unpaired) electrons. The molecule has 0 aromatic heterocycles. The Morgan fingerprint density at radius 1 is 0.514 bits per heavy atom. The summed E-state index contributed by atoms with van der Waals surface area (Å²) in [5, 5.41) is 4.95. The van der Waals surface area contributed by atoms with Gasteiger partial charge in [-0.15, -0.1) is 0 Å². The SMILES string of the molecule is CCN(CC)CCOc1ccc2ccccc2c1Cc1c(OCCN(CC)CC)ccc2ccccc12. The second kappa shape index (κ2) is 13.5. The topological polar surface area (TPSA) is 24.9 Å². The number of rotatable bonds is 14. The maximum Gasteiger partial charge on any atom is 0.123 e. The number of hydrogen-bond acceptors (Lipinski definition) is 4. The van der Waals surface area contributed by atoms with Gasteiger partial charge in [0.15, 0.2) is 0 Å². The summed E-state index contributed by atoms with van der Waals surface area (Å²) in [7, 11) is 0. The lowest BCUT2D eigenvalue weighted by Crippen LogP contribution is -2.28. The van der Waals surface area contributed by atoms with Crippen LogP contribution in [0.2, 0.25) is 0 Å². The Morgan fingerprint density at radius 2 is 0.919 bits per heavy atom. The van der Waals surface area contributed by atoms with Crippen molar-refractivity contribution in [2.75, 3.05) is 52.5 Å². The van der Waals surface area contributed by atoms with Gasteiger partial charge in [0.05, 0.1) is 0 Å². The van der Waals surface area contributed by atoms with Crippen LogP contribution in [0.3, 0.4) is 0 Å². The van der Waals surface area contributed by atoms with Crippen molar-refractivity contribution in [2.45, 2.75) is 34.1 Å². The molecule has 0 aliphatic carbocycles. The van der Waals surface area contributed by atoms with Crippen LogP contribution in [0.5, 0.6) is 11.5 Å². The van der Waals surface area contributed by atoms with Gasteiger partial charge in [-0.2, -0.15) is 0 Å². The second-order valence-corrected chi connectivity index (χ2v) is 9.45. The average molecular weight is 499 g/mol. The predicted octanol–water partition coefficient (Wildman–Crippen LogP) is 7.03. The van der Waals surface area contributed by atoms with E-state index in [9.17, 15) is 0 Å². The molecule has 0 N–H and O–H groups in total. The third-order valence-corrected chi connectivity index (χ3v) is 7.47. The van der Waals surface area contributed by atoms with E-state index in [1.54, 1.807) is 0 Å². The van der Waals surface area contributed by atoms with E-state index < -0.39 is 0 Å². The highest BCUT2D eigenvalue weighted by Crippen LogP contribution is 2.36. The standard InChI is InChI=1S/C33H42N2O2/c1-5-34(6-2)21-23-36-32-19-17-26-13-9-11-15-28(26)30(32)25-31-29-16-12-10-14-27(29)18-20-33(31)37-24-22-35(7-3)8-4/h9-20H,5-8,21-25H2,1-4H3. The molecule has 0 saturated carbocycles. The minimum atomic E-state index is 0.676. The molecule has 37 heavy (non-hydrogen) atoms. The van der Waals surface area contributed by atoms with Gasteiger partial charge in [-0.1, -0.05) is 88.4 Å². The molecule has 0 bridgehead atoms. The molecule has 0 aliphatic rings. The number of fused-ring (bicyclic) bond motifs is 2. The molecule has 0 saturated heterocycles. The molecule has 0 heterocycles. The van der Waals surface area contributed by atoms with E-state index >= 15 is 0 Å². The lowest BCUT2D eigenvalue weighted by molar-refractivity contribution is 0.220. The predicted molar refractivity (Wildman–Crippen MR) is 157 cm³/mol. The van der Waals surface area contributed by atoms with Crippen LogP contribution < -0.4 is 9.47 Å². The summed E-state index contributed by atoms with van der Waals surface area (Å²) in [6, 6.07) is 25.9. The largest absolute Gasteiger partial charge is 0.492 e. The fourth-order valence-corrected chi connectivity index (χ4v) is 5.09. The first-order valence-corrected chi connectivity index (χ1v) is 13.9. The van der Waals surface area contributed by atoms with Gasteiger partial charge in [-0.3, -0.25) is 0 Å². The smallest absolute Gasteiger partial charge is 0.123 e. The van der Waals surface area contributed by atoms with E-state index in [0.717, 1.165) is 57.2 Å². The molecular weight excluding hydrogens is 456 g/mol. The minimum absolute atomic E-state index is 0.676. The molecule has 0 atom stereocenters. The van der Waals surface area contributed by atoms with E-state index in [2.05, 4.69) is 110 Å². The molecule has 4 heteroatoms. The van der Waals surface area contributed by atoms with Gasteiger partial charge in [0, 0.05) is 30.6 Å². The van der Waals surface area contributed by atoms with Crippen molar-refractivity contribution in [1.82, 2.24) is 9.80 Å². The van der Waals surface area contributed by atoms with E-state index in [1.807, 2.05) is 0 Å². The zero-order valence-corrected chi connectivity index (χ0v) is 23.0. The first-order chi connectivity index (χ1) is 18.2. The molecule has 0 fully saturated rings. The van der Waals surface area contributed by atoms with Gasteiger partial charge >= 0.3 is 0 Å². The van der Waals surface area contributed by atoms with Crippen molar-refractivity contribution < 1.29 is 9.47 Å². The number of ether oxygens (including phenoxy) is 2. The summed E-state index contributed by atoms with van der Waals surface area (Å²) in [5.41, 5.74) is 2.45. The van der Waals surface area contributed by atoms with Crippen molar-refractivity contribution in [1.29, 1.82) is 0 Å². The molecule has 4 aromatic rings. The van der Waals surface area contributed by atoms with Crippen molar-refractivity contribution >= 4 is 21.5 Å². The molecule has 0 spiro atoms. The molecule has 0 amide bonds. The zero-order chi connectivity index (χ0) is 26.0. The molecule has 0 unspecified atom stereocenters. The third-order valence-electron chi connectivity index (χ3n) is 7.47. The van der Waals surface area contributed by atoms with Gasteiger partial charge in [0.2, 0.25) is 0 Å². The van der Waals surface area contributed by atoms with Crippen LogP contribution in [0.15, 0.2) is 72.8 Å². The van der Waals surface area contributed by atoms with Crippen LogP contribution in [0.4, 0.5) is 0 Å². The maximum atomic E-state index is 6.46. The van der Waals surface area contributed by atoms with Crippen LogP contribution >= 0.6 is 0 Å². The van der Waals surface area contributed by atoms with Crippen molar-refractivity contribution in [2.24, 2.45) is 0 Å². The minimum Gasteiger partial charge on any atom is -0.492 e. The Balaban J connectivity index is 1.71. The van der Waals surface area contributed by atoms with E-state index in [4.69, 9.17) is 9.47 Å². The van der Waals surface area contributed by atoms with Gasteiger partial charge in [-0.05, 0) is 59.9 Å². The summed E-state index contributed by atoms with van der Waals surface area (Å²) in [6.45, 7) is 16.2. The molecule has 196 valence electrons. The maximum absolute atomic E-state index is 6.46. The summed E-state index contributed by atoms with van der Waals surface area (Å²) in [5.74, 6) is 1.93. The molecule has 4 rings (SSSR count). The monoisotopic (exact) mass is 498 g/mol. The first-order valence-electron chi connectivity index (χ1n) is 13.9. The fraction of sp³-hybridized carbons (Fsp3) is 0.394. The normalized spacial score (nSPS) is 11.6. The quantitative estimate of drug-likeness (QED) is 0.186. The Hall–Kier alpha value is -3.08. The number of nitrogens with zero attached hydrogens (tertiary/aromatic N) is 2. The summed E-state index contributed by atoms with van der Waals surface area (Å²) in [4.78, 5) is 4.79. The molecular formula is C33H42N2O2. The number of hydrogen-bond donors (Lipinski definition) is 0. The Labute approximate surface area is 222 Å². The third kappa shape index (κ3) is 6.63. The van der Waals surface area contributed by atoms with Crippen LogP contribution in [0.1, 0.15) is 38.8 Å². The number of benzene rings is 4. The van der Waals surface area contributed by atoms with E-state index in [0.29, 0.717) is 13.2 Å². The highest BCUT2D eigenvalue weighted by molar-refractivity contribution is 5.91. The van der Waals surface area contributed by atoms with E-state index in [-0.39, 0.29) is 0 Å². The highest BCUT2D eigenvalue weighted by Gasteiger charge is 2.16. The lowest BCUT2D eigenvalue weighted by atomic mass is 9.93. The average Bonchev–Trinajstić information content (AvgIpc) is 2.95. The van der Waals surface area contributed by atoms with Crippen LogP contribution in [0, 0.1) is 0 Å². The Kier molecular flexibility index (Phi) is 9.81. The summed E-state index contributed by atoms with van der Waals surface area (Å²) < 4.78 is 12.9. The van der Waals surface area contributed by atoms with Gasteiger partial charge in [-0.25, -0.2) is 0 Å². The number of likely N-dealkylation sites (N-methyl/N-ethyl adjacent to an activating group) is 2. The molecule has 0 aliphatic heterocycles. The highest BCUT2D eigenvalue weighted by atomic mass is 16.5. The zero-order valence-electron chi connectivity index (χ0n) is 23.0. The van der Waals surface area contributed by atoms with Crippen molar-refractivity contribution in [3.63, 3.8) is 0 Å². The van der Waals surface area contributed by atoms with E-state index in [1.165, 1.54) is 32.7 Å². The first kappa shape index (κ1) is 27.0. The fourth-order valence-electron chi connectivity index (χ4n) is 5.09. The molecule has 4 aromatic carbocycles. The summed E-state index contributed by atoms with van der Waals surface area (Å²) >= 11 is 0. The Bertz CT molecular complexity index is 1180. The van der Waals surface area contributed by atoms with Crippen molar-refractivity contribution in [3.8, 4) is 11.5 Å².